The van der Waals surface area contributed by atoms with Gasteiger partial charge in [0.05, 0.1) is 13.2 Å². The van der Waals surface area contributed by atoms with Crippen LogP contribution in [0.25, 0.3) is 0 Å². The predicted molar refractivity (Wildman–Crippen MR) is 91.8 cm³/mol. The summed E-state index contributed by atoms with van der Waals surface area (Å²) in [6.45, 7) is 6.69. The predicted octanol–water partition coefficient (Wildman–Crippen LogP) is 1.30. The third kappa shape index (κ3) is 3.15. The van der Waals surface area contributed by atoms with Gasteiger partial charge in [-0.25, -0.2) is 9.97 Å². The van der Waals surface area contributed by atoms with Crippen molar-refractivity contribution in [3.63, 3.8) is 0 Å². The number of hydrogen-bond donors (Lipinski definition) is 1. The molecule has 2 atom stereocenters. The van der Waals surface area contributed by atoms with Crippen LogP contribution in [0.5, 0.6) is 0 Å². The Morgan fingerprint density at radius 3 is 2.71 bits per heavy atom. The fraction of sp³-hybridized carbons (Fsp3) is 0.778. The number of aliphatic hydroxyl groups is 1. The molecule has 3 aliphatic rings. The van der Waals surface area contributed by atoms with E-state index in [2.05, 4.69) is 19.8 Å². The highest BCUT2D eigenvalue weighted by atomic mass is 16.5. The van der Waals surface area contributed by atoms with E-state index < -0.39 is 0 Å². The molecule has 24 heavy (non-hydrogen) atoms. The zero-order chi connectivity index (χ0) is 16.4. The number of aromatic nitrogens is 2. The van der Waals surface area contributed by atoms with Crippen molar-refractivity contribution in [2.24, 2.45) is 11.3 Å². The fourth-order valence-electron chi connectivity index (χ4n) is 4.50. The molecule has 3 saturated heterocycles. The van der Waals surface area contributed by atoms with Gasteiger partial charge in [-0.1, -0.05) is 0 Å². The highest BCUT2D eigenvalue weighted by Crippen LogP contribution is 2.41. The van der Waals surface area contributed by atoms with E-state index in [4.69, 9.17) is 4.74 Å². The van der Waals surface area contributed by atoms with Crippen LogP contribution in [-0.2, 0) is 11.3 Å². The molecule has 0 spiro atoms. The van der Waals surface area contributed by atoms with Gasteiger partial charge in [-0.3, -0.25) is 4.90 Å². The van der Waals surface area contributed by atoms with Crippen molar-refractivity contribution in [2.75, 3.05) is 50.9 Å². The number of fused-ring (bicyclic) bond motifs is 1. The van der Waals surface area contributed by atoms with Gasteiger partial charge in [0, 0.05) is 62.7 Å². The summed E-state index contributed by atoms with van der Waals surface area (Å²) in [6.07, 6.45) is 8.81. The Morgan fingerprint density at radius 1 is 1.21 bits per heavy atom. The third-order valence-electron chi connectivity index (χ3n) is 5.93. The largest absolute Gasteiger partial charge is 0.396 e. The molecule has 3 fully saturated rings. The second-order valence-corrected chi connectivity index (χ2v) is 7.67. The Morgan fingerprint density at radius 2 is 2.00 bits per heavy atom. The van der Waals surface area contributed by atoms with E-state index in [0.29, 0.717) is 12.5 Å². The molecule has 6 heteroatoms. The first-order valence-electron chi connectivity index (χ1n) is 9.26. The van der Waals surface area contributed by atoms with Gasteiger partial charge in [0.2, 0.25) is 5.95 Å². The van der Waals surface area contributed by atoms with E-state index in [0.717, 1.165) is 57.3 Å². The number of ether oxygens (including phenoxy) is 1. The van der Waals surface area contributed by atoms with Crippen LogP contribution >= 0.6 is 0 Å². The lowest BCUT2D eigenvalue weighted by Crippen LogP contribution is -2.42. The molecule has 0 radical (unpaired) electrons. The van der Waals surface area contributed by atoms with Crippen molar-refractivity contribution in [2.45, 2.75) is 32.2 Å². The Kier molecular flexibility index (Phi) is 4.70. The van der Waals surface area contributed by atoms with Crippen LogP contribution in [0.3, 0.4) is 0 Å². The van der Waals surface area contributed by atoms with Crippen molar-refractivity contribution >= 4 is 5.95 Å². The van der Waals surface area contributed by atoms with Crippen molar-refractivity contribution in [1.82, 2.24) is 14.9 Å². The molecule has 132 valence electrons. The maximum atomic E-state index is 9.88. The lowest BCUT2D eigenvalue weighted by molar-refractivity contribution is -0.0561. The maximum absolute atomic E-state index is 9.88. The SMILES string of the molecule is OC[C@]12COCC[C@H]1CN(Cc1cnc(N3CCCCC3)nc1)C2. The number of nitrogens with zero attached hydrogens (tertiary/aromatic N) is 4. The number of anilines is 1. The van der Waals surface area contributed by atoms with Crippen LogP contribution in [0.15, 0.2) is 12.4 Å². The summed E-state index contributed by atoms with van der Waals surface area (Å²) in [6, 6.07) is 0. The monoisotopic (exact) mass is 332 g/mol. The molecule has 0 unspecified atom stereocenters. The fourth-order valence-corrected chi connectivity index (χ4v) is 4.50. The Hall–Kier alpha value is -1.24. The highest BCUT2D eigenvalue weighted by Gasteiger charge is 2.47. The second kappa shape index (κ2) is 6.94. The number of piperidine rings is 1. The molecule has 4 heterocycles. The van der Waals surface area contributed by atoms with Crippen LogP contribution in [0.1, 0.15) is 31.2 Å². The van der Waals surface area contributed by atoms with Crippen LogP contribution < -0.4 is 4.90 Å². The van der Waals surface area contributed by atoms with Gasteiger partial charge in [0.15, 0.2) is 0 Å². The molecule has 4 rings (SSSR count). The van der Waals surface area contributed by atoms with Crippen LogP contribution in [0.4, 0.5) is 5.95 Å². The standard InChI is InChI=1S/C18H28N4O2/c23-13-18-12-21(11-16(18)4-7-24-14-18)10-15-8-19-17(20-9-15)22-5-2-1-3-6-22/h8-9,16,23H,1-7,10-14H2/t16-,18+/m0/s1. The van der Waals surface area contributed by atoms with E-state index >= 15 is 0 Å². The quantitative estimate of drug-likeness (QED) is 0.897. The molecule has 1 aromatic heterocycles. The average Bonchev–Trinajstić information content (AvgIpc) is 3.01. The van der Waals surface area contributed by atoms with Gasteiger partial charge >= 0.3 is 0 Å². The zero-order valence-electron chi connectivity index (χ0n) is 14.4. The summed E-state index contributed by atoms with van der Waals surface area (Å²) < 4.78 is 5.64. The summed E-state index contributed by atoms with van der Waals surface area (Å²) >= 11 is 0. The van der Waals surface area contributed by atoms with Gasteiger partial charge in [-0.15, -0.1) is 0 Å². The Balaban J connectivity index is 1.39. The number of likely N-dealkylation sites (tertiary alicyclic amines) is 1. The van der Waals surface area contributed by atoms with Gasteiger partial charge in [-0.2, -0.15) is 0 Å². The third-order valence-corrected chi connectivity index (χ3v) is 5.93. The van der Waals surface area contributed by atoms with E-state index in [1.807, 2.05) is 12.4 Å². The summed E-state index contributed by atoms with van der Waals surface area (Å²) in [4.78, 5) is 13.9. The highest BCUT2D eigenvalue weighted by molar-refractivity contribution is 5.30. The van der Waals surface area contributed by atoms with Gasteiger partial charge in [0.1, 0.15) is 0 Å². The smallest absolute Gasteiger partial charge is 0.225 e. The lowest BCUT2D eigenvalue weighted by atomic mass is 9.76. The topological polar surface area (TPSA) is 61.7 Å². The molecular weight excluding hydrogens is 304 g/mol. The lowest BCUT2D eigenvalue weighted by Gasteiger charge is -2.36. The van der Waals surface area contributed by atoms with E-state index in [1.54, 1.807) is 0 Å². The first-order chi connectivity index (χ1) is 11.8. The summed E-state index contributed by atoms with van der Waals surface area (Å²) in [5.74, 6) is 1.42. The van der Waals surface area contributed by atoms with Crippen LogP contribution in [0.2, 0.25) is 0 Å². The van der Waals surface area contributed by atoms with Gasteiger partial charge in [-0.05, 0) is 31.6 Å². The number of rotatable bonds is 4. The van der Waals surface area contributed by atoms with Crippen LogP contribution in [-0.4, -0.2) is 66.0 Å². The van der Waals surface area contributed by atoms with Gasteiger partial charge < -0.3 is 14.7 Å². The number of hydrogen-bond acceptors (Lipinski definition) is 6. The van der Waals surface area contributed by atoms with Gasteiger partial charge in [0.25, 0.3) is 0 Å². The van der Waals surface area contributed by atoms with Crippen molar-refractivity contribution in [3.05, 3.63) is 18.0 Å². The maximum Gasteiger partial charge on any atom is 0.225 e. The Bertz CT molecular complexity index is 546. The Labute approximate surface area is 143 Å². The van der Waals surface area contributed by atoms with Crippen molar-refractivity contribution in [3.8, 4) is 0 Å². The minimum absolute atomic E-state index is 0.0626. The molecular formula is C18H28N4O2. The molecule has 0 aromatic carbocycles. The molecule has 6 nitrogen and oxygen atoms in total. The molecule has 0 amide bonds. The summed E-state index contributed by atoms with van der Waals surface area (Å²) in [7, 11) is 0. The van der Waals surface area contributed by atoms with E-state index in [9.17, 15) is 5.11 Å². The first kappa shape index (κ1) is 16.2. The molecule has 0 saturated carbocycles. The molecule has 0 aliphatic carbocycles. The molecule has 3 aliphatic heterocycles. The molecule has 0 bridgehead atoms. The normalized spacial score (nSPS) is 31.2. The van der Waals surface area contributed by atoms with E-state index in [-0.39, 0.29) is 12.0 Å². The first-order valence-corrected chi connectivity index (χ1v) is 9.26. The summed E-state index contributed by atoms with van der Waals surface area (Å²) in [5.41, 5.74) is 1.09. The van der Waals surface area contributed by atoms with Crippen molar-refractivity contribution in [1.29, 1.82) is 0 Å². The van der Waals surface area contributed by atoms with Crippen molar-refractivity contribution < 1.29 is 9.84 Å². The minimum Gasteiger partial charge on any atom is -0.396 e. The number of aliphatic hydroxyl groups excluding tert-OH is 1. The second-order valence-electron chi connectivity index (χ2n) is 7.67. The van der Waals surface area contributed by atoms with E-state index in [1.165, 1.54) is 19.3 Å². The summed E-state index contributed by atoms with van der Waals surface area (Å²) in [5, 5.41) is 9.88. The zero-order valence-corrected chi connectivity index (χ0v) is 14.4. The minimum atomic E-state index is -0.0626. The molecule has 1 aromatic rings. The van der Waals surface area contributed by atoms with Crippen LogP contribution in [0, 0.1) is 11.3 Å². The average molecular weight is 332 g/mol. The molecule has 1 N–H and O–H groups in total.